The largest absolute Gasteiger partial charge is 0.344 e. The smallest absolute Gasteiger partial charge is 0.276 e. The number of aliphatic hydroxyl groups is 3. The van der Waals surface area contributed by atoms with Crippen LogP contribution in [-0.2, 0) is 0 Å². The summed E-state index contributed by atoms with van der Waals surface area (Å²) in [6, 6.07) is 0. The average molecular weight is 107 g/mol. The van der Waals surface area contributed by atoms with Crippen molar-refractivity contribution in [3.63, 3.8) is 0 Å². The normalized spacial score (nSPS) is 12.0. The highest BCUT2D eigenvalue weighted by molar-refractivity contribution is 4.45. The average Bonchev–Trinajstić information content (AvgIpc) is 1.30. The van der Waals surface area contributed by atoms with Crippen molar-refractivity contribution in [2.24, 2.45) is 5.73 Å². The highest BCUT2D eigenvalue weighted by Gasteiger charge is 2.14. The molecule has 4 heteroatoms. The first-order valence-corrected chi connectivity index (χ1v) is 1.93. The minimum Gasteiger partial charge on any atom is -0.344 e. The van der Waals surface area contributed by atoms with Gasteiger partial charge in [0.1, 0.15) is 0 Å². The van der Waals surface area contributed by atoms with Gasteiger partial charge in [-0.1, -0.05) is 0 Å². The molecule has 44 valence electrons. The Labute approximate surface area is 41.2 Å². The summed E-state index contributed by atoms with van der Waals surface area (Å²) < 4.78 is 0. The van der Waals surface area contributed by atoms with Crippen LogP contribution in [0.3, 0.4) is 0 Å². The minimum absolute atomic E-state index is 0.0590. The van der Waals surface area contributed by atoms with E-state index < -0.39 is 5.97 Å². The lowest BCUT2D eigenvalue weighted by Crippen LogP contribution is -2.29. The molecule has 0 spiro atoms. The molecule has 0 aliphatic heterocycles. The molecule has 0 fully saturated rings. The maximum Gasteiger partial charge on any atom is 0.276 e. The Morgan fingerprint density at radius 3 is 1.71 bits per heavy atom. The second-order valence-corrected chi connectivity index (χ2v) is 1.31. The zero-order chi connectivity index (χ0) is 5.91. The zero-order valence-electron chi connectivity index (χ0n) is 3.83. The van der Waals surface area contributed by atoms with Crippen LogP contribution in [0, 0.1) is 0 Å². The van der Waals surface area contributed by atoms with E-state index >= 15 is 0 Å². The third-order valence-corrected chi connectivity index (χ3v) is 0.480. The van der Waals surface area contributed by atoms with Crippen molar-refractivity contribution < 1.29 is 15.3 Å². The first-order valence-electron chi connectivity index (χ1n) is 1.93. The summed E-state index contributed by atoms with van der Waals surface area (Å²) in [6.45, 7) is 0.0590. The monoisotopic (exact) mass is 107 g/mol. The van der Waals surface area contributed by atoms with E-state index in [4.69, 9.17) is 21.1 Å². The molecule has 0 aromatic rings. The summed E-state index contributed by atoms with van der Waals surface area (Å²) >= 11 is 0. The number of hydrogen-bond donors (Lipinski definition) is 4. The fourth-order valence-electron chi connectivity index (χ4n) is 0.194. The Morgan fingerprint density at radius 1 is 1.29 bits per heavy atom. The van der Waals surface area contributed by atoms with Gasteiger partial charge in [0.2, 0.25) is 0 Å². The van der Waals surface area contributed by atoms with Crippen molar-refractivity contribution in [1.82, 2.24) is 0 Å². The lowest BCUT2D eigenvalue weighted by atomic mass is 10.4. The third kappa shape index (κ3) is 5.84. The molecular formula is C3H9NO3. The third-order valence-electron chi connectivity index (χ3n) is 0.480. The van der Waals surface area contributed by atoms with Gasteiger partial charge in [-0.3, -0.25) is 0 Å². The molecule has 0 rings (SSSR count). The summed E-state index contributed by atoms with van der Waals surface area (Å²) in [5.41, 5.74) is 4.83. The minimum atomic E-state index is -2.57. The SMILES string of the molecule is NCCC(O)(O)O. The summed E-state index contributed by atoms with van der Waals surface area (Å²) in [7, 11) is 0. The molecule has 0 saturated heterocycles. The van der Waals surface area contributed by atoms with Crippen molar-refractivity contribution >= 4 is 0 Å². The van der Waals surface area contributed by atoms with E-state index in [0.717, 1.165) is 0 Å². The second-order valence-electron chi connectivity index (χ2n) is 1.31. The Morgan fingerprint density at radius 2 is 1.71 bits per heavy atom. The highest BCUT2D eigenvalue weighted by Crippen LogP contribution is 1.94. The molecule has 0 aliphatic rings. The molecule has 0 bridgehead atoms. The summed E-state index contributed by atoms with van der Waals surface area (Å²) in [4.78, 5) is 0. The van der Waals surface area contributed by atoms with Crippen LogP contribution in [0.5, 0.6) is 0 Å². The maximum absolute atomic E-state index is 8.05. The molecule has 0 radical (unpaired) electrons. The Bertz CT molecular complexity index is 48.6. The lowest BCUT2D eigenvalue weighted by Gasteiger charge is -2.10. The molecule has 0 amide bonds. The number of rotatable bonds is 2. The molecule has 4 nitrogen and oxygen atoms in total. The summed E-state index contributed by atoms with van der Waals surface area (Å²) in [6.07, 6.45) is -0.215. The Hall–Kier alpha value is -0.160. The van der Waals surface area contributed by atoms with E-state index in [2.05, 4.69) is 0 Å². The molecule has 0 aliphatic carbocycles. The van der Waals surface area contributed by atoms with Crippen LogP contribution in [0.1, 0.15) is 6.42 Å². The fraction of sp³-hybridized carbons (Fsp3) is 1.00. The standard InChI is InChI=1S/C3H9NO3/c4-2-1-3(5,6)7/h5-7H,1-2,4H2. The van der Waals surface area contributed by atoms with E-state index in [9.17, 15) is 0 Å². The van der Waals surface area contributed by atoms with Crippen molar-refractivity contribution in [3.8, 4) is 0 Å². The van der Waals surface area contributed by atoms with Gasteiger partial charge in [0.25, 0.3) is 5.97 Å². The van der Waals surface area contributed by atoms with E-state index in [1.807, 2.05) is 0 Å². The molecule has 0 unspecified atom stereocenters. The topological polar surface area (TPSA) is 86.7 Å². The molecule has 0 atom stereocenters. The number of hydrogen-bond acceptors (Lipinski definition) is 4. The van der Waals surface area contributed by atoms with Gasteiger partial charge in [-0.05, 0) is 6.54 Å². The summed E-state index contributed by atoms with van der Waals surface area (Å²) in [5.74, 6) is -2.57. The molecule has 7 heavy (non-hydrogen) atoms. The maximum atomic E-state index is 8.05. The van der Waals surface area contributed by atoms with Crippen molar-refractivity contribution in [2.45, 2.75) is 12.4 Å². The molecule has 0 saturated carbocycles. The zero-order valence-corrected chi connectivity index (χ0v) is 3.83. The molecule has 0 aromatic carbocycles. The predicted molar refractivity (Wildman–Crippen MR) is 23.1 cm³/mol. The van der Waals surface area contributed by atoms with E-state index in [-0.39, 0.29) is 13.0 Å². The van der Waals surface area contributed by atoms with Gasteiger partial charge >= 0.3 is 0 Å². The van der Waals surface area contributed by atoms with Crippen LogP contribution in [0.25, 0.3) is 0 Å². The van der Waals surface area contributed by atoms with Crippen LogP contribution in [0.4, 0.5) is 0 Å². The molecular weight excluding hydrogens is 98.0 g/mol. The van der Waals surface area contributed by atoms with Crippen LogP contribution < -0.4 is 5.73 Å². The van der Waals surface area contributed by atoms with Crippen molar-refractivity contribution in [1.29, 1.82) is 0 Å². The first-order chi connectivity index (χ1) is 3.06. The lowest BCUT2D eigenvalue weighted by molar-refractivity contribution is -0.312. The van der Waals surface area contributed by atoms with Gasteiger partial charge in [-0.25, -0.2) is 0 Å². The quantitative estimate of drug-likeness (QED) is 0.306. The van der Waals surface area contributed by atoms with Gasteiger partial charge in [0, 0.05) is 6.42 Å². The van der Waals surface area contributed by atoms with Gasteiger partial charge in [0.05, 0.1) is 0 Å². The highest BCUT2D eigenvalue weighted by atomic mass is 16.7. The Kier molecular flexibility index (Phi) is 2.17. The van der Waals surface area contributed by atoms with Crippen LogP contribution in [0.2, 0.25) is 0 Å². The van der Waals surface area contributed by atoms with Crippen LogP contribution >= 0.6 is 0 Å². The second kappa shape index (κ2) is 2.23. The van der Waals surface area contributed by atoms with Gasteiger partial charge in [0.15, 0.2) is 0 Å². The summed E-state index contributed by atoms with van der Waals surface area (Å²) in [5, 5.41) is 24.1. The van der Waals surface area contributed by atoms with E-state index in [0.29, 0.717) is 0 Å². The molecule has 0 heterocycles. The van der Waals surface area contributed by atoms with E-state index in [1.165, 1.54) is 0 Å². The fourth-order valence-corrected chi connectivity index (χ4v) is 0.194. The van der Waals surface area contributed by atoms with E-state index in [1.54, 1.807) is 0 Å². The van der Waals surface area contributed by atoms with Crippen molar-refractivity contribution in [2.75, 3.05) is 6.54 Å². The molecule has 0 aromatic heterocycles. The van der Waals surface area contributed by atoms with Crippen molar-refractivity contribution in [3.05, 3.63) is 0 Å². The van der Waals surface area contributed by atoms with Gasteiger partial charge in [-0.15, -0.1) is 0 Å². The van der Waals surface area contributed by atoms with Gasteiger partial charge < -0.3 is 21.1 Å². The number of nitrogens with two attached hydrogens (primary N) is 1. The molecule has 5 N–H and O–H groups in total. The predicted octanol–water partition coefficient (Wildman–Crippen LogP) is -2.03. The Balaban J connectivity index is 3.15. The van der Waals surface area contributed by atoms with Crippen LogP contribution in [0.15, 0.2) is 0 Å². The first kappa shape index (κ1) is 6.84. The van der Waals surface area contributed by atoms with Crippen LogP contribution in [-0.4, -0.2) is 27.8 Å². The van der Waals surface area contributed by atoms with Gasteiger partial charge in [-0.2, -0.15) is 0 Å².